The average Bonchev–Trinajstić information content (AvgIpc) is 1.83. The molecule has 1 N–H and O–H groups in total. The Morgan fingerprint density at radius 3 is 2.25 bits per heavy atom. The molecule has 0 unspecified atom stereocenters. The van der Waals surface area contributed by atoms with E-state index in [0.29, 0.717) is 0 Å². The predicted octanol–water partition coefficient (Wildman–Crippen LogP) is -0.811. The van der Waals surface area contributed by atoms with Crippen molar-refractivity contribution >= 4 is 10.0 Å². The minimum Gasteiger partial charge on any atom is -0.310 e. The number of rotatable bonds is 3. The van der Waals surface area contributed by atoms with Gasteiger partial charge in [-0.2, -0.15) is 0 Å². The standard InChI is InChI=1S/C6H13FN2O2S/c1-9(2)12(10,11)5-6(7)3-8-4-6/h8H,3-5H2,1-2H3. The molecule has 12 heavy (non-hydrogen) atoms. The zero-order chi connectivity index (χ0) is 9.41. The lowest BCUT2D eigenvalue weighted by Crippen LogP contribution is -2.60. The van der Waals surface area contributed by atoms with Crippen LogP contribution in [0.2, 0.25) is 0 Å². The number of nitrogens with zero attached hydrogens (tertiary/aromatic N) is 1. The Morgan fingerprint density at radius 1 is 1.50 bits per heavy atom. The molecule has 0 spiro atoms. The Bertz CT molecular complexity index is 259. The van der Waals surface area contributed by atoms with Gasteiger partial charge in [0.25, 0.3) is 0 Å². The van der Waals surface area contributed by atoms with Crippen molar-refractivity contribution in [2.24, 2.45) is 0 Å². The number of halogens is 1. The van der Waals surface area contributed by atoms with E-state index in [2.05, 4.69) is 5.32 Å². The topological polar surface area (TPSA) is 49.4 Å². The quantitative estimate of drug-likeness (QED) is 0.642. The van der Waals surface area contributed by atoms with Gasteiger partial charge in [0.2, 0.25) is 10.0 Å². The first kappa shape index (κ1) is 9.88. The van der Waals surface area contributed by atoms with Crippen molar-refractivity contribution in [2.45, 2.75) is 5.67 Å². The third-order valence-corrected chi connectivity index (χ3v) is 3.88. The molecule has 0 atom stereocenters. The number of sulfonamides is 1. The van der Waals surface area contributed by atoms with Crippen molar-refractivity contribution in [3.63, 3.8) is 0 Å². The van der Waals surface area contributed by atoms with Crippen LogP contribution in [-0.4, -0.2) is 51.3 Å². The predicted molar refractivity (Wildman–Crippen MR) is 44.2 cm³/mol. The smallest absolute Gasteiger partial charge is 0.216 e. The van der Waals surface area contributed by atoms with Gasteiger partial charge in [0.15, 0.2) is 5.67 Å². The Labute approximate surface area is 71.8 Å². The SMILES string of the molecule is CN(C)S(=O)(=O)CC1(F)CNC1. The fraction of sp³-hybridized carbons (Fsp3) is 1.00. The van der Waals surface area contributed by atoms with Crippen molar-refractivity contribution in [1.82, 2.24) is 9.62 Å². The van der Waals surface area contributed by atoms with Crippen LogP contribution in [0.5, 0.6) is 0 Å². The highest BCUT2D eigenvalue weighted by atomic mass is 32.2. The molecule has 72 valence electrons. The molecule has 0 aromatic rings. The van der Waals surface area contributed by atoms with Gasteiger partial charge in [-0.3, -0.25) is 0 Å². The highest BCUT2D eigenvalue weighted by Gasteiger charge is 2.41. The molecule has 1 rings (SSSR count). The maximum absolute atomic E-state index is 13.3. The summed E-state index contributed by atoms with van der Waals surface area (Å²) in [6.07, 6.45) is 0. The molecular weight excluding hydrogens is 183 g/mol. The van der Waals surface area contributed by atoms with Crippen LogP contribution >= 0.6 is 0 Å². The number of hydrogen-bond acceptors (Lipinski definition) is 3. The molecule has 0 bridgehead atoms. The summed E-state index contributed by atoms with van der Waals surface area (Å²) < 4.78 is 36.7. The van der Waals surface area contributed by atoms with Gasteiger partial charge in [-0.15, -0.1) is 0 Å². The second-order valence-electron chi connectivity index (χ2n) is 3.29. The van der Waals surface area contributed by atoms with E-state index in [9.17, 15) is 12.8 Å². The van der Waals surface area contributed by atoms with Crippen molar-refractivity contribution in [3.05, 3.63) is 0 Å². The normalized spacial score (nSPS) is 22.3. The molecule has 0 saturated carbocycles. The zero-order valence-corrected chi connectivity index (χ0v) is 7.99. The molecule has 0 aliphatic carbocycles. The molecule has 1 fully saturated rings. The highest BCUT2D eigenvalue weighted by Crippen LogP contribution is 2.19. The summed E-state index contributed by atoms with van der Waals surface area (Å²) in [6, 6.07) is 0. The third kappa shape index (κ3) is 1.94. The van der Waals surface area contributed by atoms with Gasteiger partial charge in [-0.1, -0.05) is 0 Å². The summed E-state index contributed by atoms with van der Waals surface area (Å²) in [6.45, 7) is 0.278. The van der Waals surface area contributed by atoms with Gasteiger partial charge < -0.3 is 5.32 Å². The Balaban J connectivity index is 2.61. The van der Waals surface area contributed by atoms with Crippen molar-refractivity contribution in [2.75, 3.05) is 32.9 Å². The van der Waals surface area contributed by atoms with E-state index in [1.165, 1.54) is 14.1 Å². The summed E-state index contributed by atoms with van der Waals surface area (Å²) in [5, 5.41) is 2.71. The van der Waals surface area contributed by atoms with Crippen molar-refractivity contribution in [3.8, 4) is 0 Å². The Morgan fingerprint density at radius 2 is 2.00 bits per heavy atom. The number of nitrogens with one attached hydrogen (secondary N) is 1. The number of hydrogen-bond donors (Lipinski definition) is 1. The monoisotopic (exact) mass is 196 g/mol. The van der Waals surface area contributed by atoms with E-state index in [1.807, 2.05) is 0 Å². The third-order valence-electron chi connectivity index (χ3n) is 1.88. The van der Waals surface area contributed by atoms with Crippen LogP contribution in [0.4, 0.5) is 4.39 Å². The molecule has 0 aromatic heterocycles. The van der Waals surface area contributed by atoms with E-state index in [4.69, 9.17) is 0 Å². The lowest BCUT2D eigenvalue weighted by Gasteiger charge is -2.35. The Hall–Kier alpha value is -0.200. The first-order chi connectivity index (χ1) is 5.36. The molecule has 4 nitrogen and oxygen atoms in total. The van der Waals surface area contributed by atoms with Gasteiger partial charge in [0.05, 0.1) is 0 Å². The fourth-order valence-electron chi connectivity index (χ4n) is 0.954. The van der Waals surface area contributed by atoms with Crippen LogP contribution in [0.1, 0.15) is 0 Å². The second kappa shape index (κ2) is 2.93. The molecule has 1 heterocycles. The molecule has 0 radical (unpaired) electrons. The first-order valence-corrected chi connectivity index (χ1v) is 5.26. The zero-order valence-electron chi connectivity index (χ0n) is 7.17. The molecule has 1 aliphatic heterocycles. The lowest BCUT2D eigenvalue weighted by atomic mass is 10.0. The van der Waals surface area contributed by atoms with E-state index >= 15 is 0 Å². The minimum absolute atomic E-state index is 0.139. The summed E-state index contributed by atoms with van der Waals surface area (Å²) in [7, 11) is -0.583. The number of alkyl halides is 1. The summed E-state index contributed by atoms with van der Waals surface area (Å²) >= 11 is 0. The molecule has 0 amide bonds. The lowest BCUT2D eigenvalue weighted by molar-refractivity contribution is 0.115. The van der Waals surface area contributed by atoms with Crippen LogP contribution < -0.4 is 5.32 Å². The van der Waals surface area contributed by atoms with E-state index in [-0.39, 0.29) is 13.1 Å². The molecule has 1 saturated heterocycles. The molecular formula is C6H13FN2O2S. The summed E-state index contributed by atoms with van der Waals surface area (Å²) in [5.41, 5.74) is -1.55. The largest absolute Gasteiger partial charge is 0.310 e. The van der Waals surface area contributed by atoms with Gasteiger partial charge in [-0.05, 0) is 0 Å². The molecule has 6 heteroatoms. The summed E-state index contributed by atoms with van der Waals surface area (Å²) in [4.78, 5) is 0. The van der Waals surface area contributed by atoms with E-state index in [0.717, 1.165) is 4.31 Å². The highest BCUT2D eigenvalue weighted by molar-refractivity contribution is 7.89. The van der Waals surface area contributed by atoms with Gasteiger partial charge in [-0.25, -0.2) is 17.1 Å². The molecule has 0 aromatic carbocycles. The first-order valence-electron chi connectivity index (χ1n) is 3.66. The van der Waals surface area contributed by atoms with Crippen LogP contribution in [0.3, 0.4) is 0 Å². The minimum atomic E-state index is -3.40. The van der Waals surface area contributed by atoms with Crippen LogP contribution in [-0.2, 0) is 10.0 Å². The maximum atomic E-state index is 13.3. The molecule has 1 aliphatic rings. The maximum Gasteiger partial charge on any atom is 0.216 e. The van der Waals surface area contributed by atoms with Crippen LogP contribution in [0.15, 0.2) is 0 Å². The van der Waals surface area contributed by atoms with Crippen molar-refractivity contribution < 1.29 is 12.8 Å². The van der Waals surface area contributed by atoms with Gasteiger partial charge >= 0.3 is 0 Å². The second-order valence-corrected chi connectivity index (χ2v) is 5.48. The fourth-order valence-corrected chi connectivity index (χ4v) is 2.07. The van der Waals surface area contributed by atoms with Gasteiger partial charge in [0.1, 0.15) is 5.75 Å². The van der Waals surface area contributed by atoms with E-state index < -0.39 is 21.4 Å². The Kier molecular flexibility index (Phi) is 2.42. The van der Waals surface area contributed by atoms with Crippen LogP contribution in [0, 0.1) is 0 Å². The summed E-state index contributed by atoms with van der Waals surface area (Å²) in [5.74, 6) is -0.417. The van der Waals surface area contributed by atoms with E-state index in [1.54, 1.807) is 0 Å². The van der Waals surface area contributed by atoms with Crippen molar-refractivity contribution in [1.29, 1.82) is 0 Å². The van der Waals surface area contributed by atoms with Crippen LogP contribution in [0.25, 0.3) is 0 Å². The average molecular weight is 196 g/mol. The van der Waals surface area contributed by atoms with Gasteiger partial charge in [0, 0.05) is 27.2 Å².